The minimum atomic E-state index is -3.43. The van der Waals surface area contributed by atoms with E-state index < -0.39 is 10.0 Å². The van der Waals surface area contributed by atoms with Crippen molar-refractivity contribution in [2.24, 2.45) is 0 Å². The summed E-state index contributed by atoms with van der Waals surface area (Å²) in [6.45, 7) is 7.18. The highest BCUT2D eigenvalue weighted by atomic mass is 32.2. The first-order valence-electron chi connectivity index (χ1n) is 7.47. The molecule has 0 aliphatic heterocycles. The second kappa shape index (κ2) is 9.89. The Bertz CT molecular complexity index is 486. The van der Waals surface area contributed by atoms with Crippen molar-refractivity contribution >= 4 is 10.0 Å². The van der Waals surface area contributed by atoms with Gasteiger partial charge in [0, 0.05) is 13.2 Å². The highest BCUT2D eigenvalue weighted by Gasteiger charge is 2.12. The van der Waals surface area contributed by atoms with Crippen LogP contribution in [0.4, 0.5) is 0 Å². The van der Waals surface area contributed by atoms with E-state index in [1.54, 1.807) is 12.1 Å². The van der Waals surface area contributed by atoms with E-state index in [1.807, 2.05) is 19.1 Å². The zero-order valence-corrected chi connectivity index (χ0v) is 13.7. The molecule has 1 rings (SSSR count). The minimum Gasteiger partial charge on any atom is -0.380 e. The van der Waals surface area contributed by atoms with Crippen molar-refractivity contribution in [2.75, 3.05) is 32.8 Å². The molecule has 0 amide bonds. The average molecular weight is 314 g/mol. The summed E-state index contributed by atoms with van der Waals surface area (Å²) in [5.74, 6) is 0. The van der Waals surface area contributed by atoms with Gasteiger partial charge in [0.25, 0.3) is 0 Å². The molecule has 0 heterocycles. The van der Waals surface area contributed by atoms with Gasteiger partial charge < -0.3 is 10.1 Å². The molecule has 0 aliphatic carbocycles. The zero-order valence-electron chi connectivity index (χ0n) is 12.9. The number of nitrogens with one attached hydrogen (secondary N) is 2. The number of aryl methyl sites for hydroxylation is 1. The Hall–Kier alpha value is -0.950. The summed E-state index contributed by atoms with van der Waals surface area (Å²) in [7, 11) is -3.43. The van der Waals surface area contributed by atoms with E-state index in [0.717, 1.165) is 31.5 Å². The fraction of sp³-hybridized carbons (Fsp3) is 0.600. The van der Waals surface area contributed by atoms with E-state index in [2.05, 4.69) is 17.0 Å². The maximum atomic E-state index is 12.0. The predicted octanol–water partition coefficient (Wildman–Crippen LogP) is 1.54. The molecule has 120 valence electrons. The maximum Gasteiger partial charge on any atom is 0.240 e. The van der Waals surface area contributed by atoms with Crippen molar-refractivity contribution in [1.82, 2.24) is 10.0 Å². The smallest absolute Gasteiger partial charge is 0.240 e. The van der Waals surface area contributed by atoms with E-state index in [-0.39, 0.29) is 0 Å². The largest absolute Gasteiger partial charge is 0.380 e. The lowest BCUT2D eigenvalue weighted by atomic mass is 10.1. The van der Waals surface area contributed by atoms with Crippen LogP contribution in [0.2, 0.25) is 0 Å². The Morgan fingerprint density at radius 2 is 1.81 bits per heavy atom. The summed E-state index contributed by atoms with van der Waals surface area (Å²) in [6, 6.07) is 7.07. The van der Waals surface area contributed by atoms with Crippen LogP contribution in [-0.2, 0) is 21.2 Å². The molecule has 0 saturated heterocycles. The second-order valence-electron chi connectivity index (χ2n) is 4.70. The lowest BCUT2D eigenvalue weighted by Gasteiger charge is -2.08. The standard InChI is InChI=1S/C15H26N2O3S/c1-3-16-11-5-6-14-7-9-15(10-8-14)21(18,19)17-12-13-20-4-2/h7-10,16-17H,3-6,11-13H2,1-2H3. The van der Waals surface area contributed by atoms with Crippen molar-refractivity contribution in [3.8, 4) is 0 Å². The molecule has 0 aromatic heterocycles. The van der Waals surface area contributed by atoms with Crippen LogP contribution in [0.15, 0.2) is 29.2 Å². The van der Waals surface area contributed by atoms with Gasteiger partial charge in [-0.1, -0.05) is 19.1 Å². The van der Waals surface area contributed by atoms with Crippen LogP contribution < -0.4 is 10.0 Å². The molecule has 0 bridgehead atoms. The van der Waals surface area contributed by atoms with Gasteiger partial charge >= 0.3 is 0 Å². The van der Waals surface area contributed by atoms with Crippen molar-refractivity contribution < 1.29 is 13.2 Å². The van der Waals surface area contributed by atoms with Crippen molar-refractivity contribution in [3.63, 3.8) is 0 Å². The Kier molecular flexibility index (Phi) is 8.52. The fourth-order valence-corrected chi connectivity index (χ4v) is 2.92. The summed E-state index contributed by atoms with van der Waals surface area (Å²) in [5, 5.41) is 3.27. The van der Waals surface area contributed by atoms with Gasteiger partial charge in [-0.05, 0) is 50.6 Å². The molecule has 0 radical (unpaired) electrons. The first-order valence-corrected chi connectivity index (χ1v) is 8.95. The van der Waals surface area contributed by atoms with Gasteiger partial charge in [-0.2, -0.15) is 0 Å². The number of rotatable bonds is 11. The first kappa shape index (κ1) is 18.1. The van der Waals surface area contributed by atoms with E-state index in [9.17, 15) is 8.42 Å². The van der Waals surface area contributed by atoms with E-state index in [0.29, 0.717) is 24.7 Å². The SMILES string of the molecule is CCNCCCc1ccc(S(=O)(=O)NCCOCC)cc1. The van der Waals surface area contributed by atoms with Gasteiger partial charge in [0.15, 0.2) is 0 Å². The van der Waals surface area contributed by atoms with Gasteiger partial charge in [0.2, 0.25) is 10.0 Å². The van der Waals surface area contributed by atoms with Crippen molar-refractivity contribution in [1.29, 1.82) is 0 Å². The van der Waals surface area contributed by atoms with Gasteiger partial charge in [-0.15, -0.1) is 0 Å². The third-order valence-corrected chi connectivity index (χ3v) is 4.52. The van der Waals surface area contributed by atoms with Crippen LogP contribution in [0.1, 0.15) is 25.8 Å². The quantitative estimate of drug-likeness (QED) is 0.608. The third-order valence-electron chi connectivity index (χ3n) is 3.05. The first-order chi connectivity index (χ1) is 10.1. The predicted molar refractivity (Wildman–Crippen MR) is 85.0 cm³/mol. The minimum absolute atomic E-state index is 0.292. The molecule has 0 unspecified atom stereocenters. The zero-order chi connectivity index (χ0) is 15.6. The lowest BCUT2D eigenvalue weighted by Crippen LogP contribution is -2.27. The molecule has 1 aromatic rings. The molecule has 0 aliphatic rings. The molecule has 2 N–H and O–H groups in total. The molecular formula is C15H26N2O3S. The molecule has 6 heteroatoms. The summed E-state index contributed by atoms with van der Waals surface area (Å²) in [4.78, 5) is 0.300. The summed E-state index contributed by atoms with van der Waals surface area (Å²) in [6.07, 6.45) is 2.00. The number of benzene rings is 1. The monoisotopic (exact) mass is 314 g/mol. The Morgan fingerprint density at radius 1 is 1.10 bits per heavy atom. The molecule has 0 fully saturated rings. The highest BCUT2D eigenvalue weighted by Crippen LogP contribution is 2.11. The van der Waals surface area contributed by atoms with E-state index in [4.69, 9.17) is 4.74 Å². The van der Waals surface area contributed by atoms with Gasteiger partial charge in [0.05, 0.1) is 11.5 Å². The molecule has 0 spiro atoms. The summed E-state index contributed by atoms with van der Waals surface area (Å²) in [5.41, 5.74) is 1.15. The Morgan fingerprint density at radius 3 is 2.43 bits per heavy atom. The molecular weight excluding hydrogens is 288 g/mol. The van der Waals surface area contributed by atoms with E-state index >= 15 is 0 Å². The maximum absolute atomic E-state index is 12.0. The van der Waals surface area contributed by atoms with Gasteiger partial charge in [0.1, 0.15) is 0 Å². The van der Waals surface area contributed by atoms with E-state index in [1.165, 1.54) is 0 Å². The number of hydrogen-bond donors (Lipinski definition) is 2. The van der Waals surface area contributed by atoms with Crippen LogP contribution >= 0.6 is 0 Å². The van der Waals surface area contributed by atoms with Gasteiger partial charge in [-0.3, -0.25) is 0 Å². The highest BCUT2D eigenvalue weighted by molar-refractivity contribution is 7.89. The van der Waals surface area contributed by atoms with Gasteiger partial charge in [-0.25, -0.2) is 13.1 Å². The third kappa shape index (κ3) is 7.04. The second-order valence-corrected chi connectivity index (χ2v) is 6.46. The van der Waals surface area contributed by atoms with Crippen LogP contribution in [0.5, 0.6) is 0 Å². The lowest BCUT2D eigenvalue weighted by molar-refractivity contribution is 0.153. The van der Waals surface area contributed by atoms with Crippen molar-refractivity contribution in [2.45, 2.75) is 31.6 Å². The van der Waals surface area contributed by atoms with Crippen LogP contribution in [0.25, 0.3) is 0 Å². The molecule has 5 nitrogen and oxygen atoms in total. The topological polar surface area (TPSA) is 67.4 Å². The molecule has 21 heavy (non-hydrogen) atoms. The fourth-order valence-electron chi connectivity index (χ4n) is 1.91. The van der Waals surface area contributed by atoms with Crippen LogP contribution in [-0.4, -0.2) is 41.3 Å². The van der Waals surface area contributed by atoms with Crippen molar-refractivity contribution in [3.05, 3.63) is 29.8 Å². The molecule has 0 saturated carbocycles. The van der Waals surface area contributed by atoms with Crippen LogP contribution in [0, 0.1) is 0 Å². The normalized spacial score (nSPS) is 11.7. The molecule has 0 atom stereocenters. The summed E-state index contributed by atoms with van der Waals surface area (Å²) >= 11 is 0. The Labute approximate surface area is 128 Å². The number of ether oxygens (including phenoxy) is 1. The summed E-state index contributed by atoms with van der Waals surface area (Å²) < 4.78 is 31.7. The Balaban J connectivity index is 2.48. The number of hydrogen-bond acceptors (Lipinski definition) is 4. The van der Waals surface area contributed by atoms with Crippen LogP contribution in [0.3, 0.4) is 0 Å². The molecule has 1 aromatic carbocycles. The number of sulfonamides is 1. The average Bonchev–Trinajstić information content (AvgIpc) is 2.49.